The normalized spacial score (nSPS) is 18.2. The van der Waals surface area contributed by atoms with Gasteiger partial charge in [0.15, 0.2) is 5.96 Å². The molecule has 1 aliphatic carbocycles. The molecule has 2 fully saturated rings. The van der Waals surface area contributed by atoms with E-state index < -0.39 is 0 Å². The van der Waals surface area contributed by atoms with Crippen LogP contribution in [0.3, 0.4) is 0 Å². The van der Waals surface area contributed by atoms with Crippen molar-refractivity contribution in [3.63, 3.8) is 0 Å². The molecule has 2 aliphatic rings. The molecule has 31 heavy (non-hydrogen) atoms. The van der Waals surface area contributed by atoms with Gasteiger partial charge in [-0.1, -0.05) is 37.1 Å². The first-order valence-electron chi connectivity index (χ1n) is 11.9. The van der Waals surface area contributed by atoms with Gasteiger partial charge in [0, 0.05) is 45.7 Å². The molecule has 1 aromatic rings. The third kappa shape index (κ3) is 8.50. The number of benzene rings is 1. The summed E-state index contributed by atoms with van der Waals surface area (Å²) < 4.78 is 5.46. The Bertz CT molecular complexity index is 697. The second-order valence-electron chi connectivity index (χ2n) is 8.48. The quantitative estimate of drug-likeness (QED) is 0.302. The van der Waals surface area contributed by atoms with Gasteiger partial charge < -0.3 is 20.7 Å². The largest absolute Gasteiger partial charge is 0.379 e. The highest BCUT2D eigenvalue weighted by Gasteiger charge is 2.18. The molecular formula is C24H39N5O2. The fraction of sp³-hybridized carbons (Fsp3) is 0.667. The van der Waals surface area contributed by atoms with Gasteiger partial charge in [0.1, 0.15) is 0 Å². The molecule has 0 radical (unpaired) electrons. The predicted molar refractivity (Wildman–Crippen MR) is 125 cm³/mol. The number of ether oxygens (including phenoxy) is 1. The van der Waals surface area contributed by atoms with Crippen LogP contribution in [0.1, 0.15) is 50.2 Å². The fourth-order valence-corrected chi connectivity index (χ4v) is 4.30. The van der Waals surface area contributed by atoms with Gasteiger partial charge in [-0.3, -0.25) is 9.69 Å². The molecule has 1 saturated carbocycles. The summed E-state index contributed by atoms with van der Waals surface area (Å²) in [4.78, 5) is 19.3. The number of hydrogen-bond acceptors (Lipinski definition) is 4. The number of carbonyl (C=O) groups is 1. The highest BCUT2D eigenvalue weighted by atomic mass is 16.5. The highest BCUT2D eigenvalue weighted by Crippen LogP contribution is 2.27. The van der Waals surface area contributed by atoms with Gasteiger partial charge in [0.25, 0.3) is 0 Å². The molecule has 0 unspecified atom stereocenters. The van der Waals surface area contributed by atoms with E-state index in [1.807, 2.05) is 0 Å². The molecule has 3 N–H and O–H groups in total. The fourth-order valence-electron chi connectivity index (χ4n) is 4.30. The van der Waals surface area contributed by atoms with Crippen molar-refractivity contribution in [1.29, 1.82) is 0 Å². The van der Waals surface area contributed by atoms with E-state index in [-0.39, 0.29) is 5.91 Å². The maximum Gasteiger partial charge on any atom is 0.220 e. The summed E-state index contributed by atoms with van der Waals surface area (Å²) in [5.74, 6) is 1.55. The summed E-state index contributed by atoms with van der Waals surface area (Å²) in [6.45, 7) is 9.29. The summed E-state index contributed by atoms with van der Waals surface area (Å²) in [5.41, 5.74) is 2.57. The number of hydrogen-bond donors (Lipinski definition) is 3. The van der Waals surface area contributed by atoms with Gasteiger partial charge in [-0.15, -0.1) is 0 Å². The van der Waals surface area contributed by atoms with E-state index in [0.717, 1.165) is 45.4 Å². The third-order valence-corrected chi connectivity index (χ3v) is 6.06. The van der Waals surface area contributed by atoms with Crippen molar-refractivity contribution in [2.24, 2.45) is 10.9 Å². The first kappa shape index (κ1) is 23.5. The van der Waals surface area contributed by atoms with E-state index in [4.69, 9.17) is 9.73 Å². The van der Waals surface area contributed by atoms with Crippen molar-refractivity contribution in [1.82, 2.24) is 20.9 Å². The van der Waals surface area contributed by atoms with Crippen molar-refractivity contribution < 1.29 is 9.53 Å². The van der Waals surface area contributed by atoms with E-state index in [1.165, 1.54) is 36.8 Å². The van der Waals surface area contributed by atoms with Gasteiger partial charge in [0.2, 0.25) is 5.91 Å². The topological polar surface area (TPSA) is 78.0 Å². The molecule has 172 valence electrons. The minimum Gasteiger partial charge on any atom is -0.379 e. The maximum atomic E-state index is 12.1. The maximum absolute atomic E-state index is 12.1. The standard InChI is InChI=1S/C24H39N5O2/c1-2-25-24(27-12-11-26-23(30)17-20-7-3-4-8-20)28-18-21-9-5-6-10-22(21)19-29-13-15-31-16-14-29/h5-6,9-10,20H,2-4,7-8,11-19H2,1H3,(H,26,30)(H2,25,27,28). The zero-order valence-electron chi connectivity index (χ0n) is 19.0. The molecular weight excluding hydrogens is 390 g/mol. The number of guanidine groups is 1. The molecule has 0 spiro atoms. The Balaban J connectivity index is 1.45. The molecule has 1 amide bonds. The van der Waals surface area contributed by atoms with Crippen LogP contribution < -0.4 is 16.0 Å². The van der Waals surface area contributed by atoms with Crippen LogP contribution in [0.4, 0.5) is 0 Å². The molecule has 3 rings (SSSR count). The lowest BCUT2D eigenvalue weighted by molar-refractivity contribution is -0.121. The summed E-state index contributed by atoms with van der Waals surface area (Å²) in [5, 5.41) is 9.67. The van der Waals surface area contributed by atoms with Gasteiger partial charge in [-0.2, -0.15) is 0 Å². The van der Waals surface area contributed by atoms with Crippen LogP contribution in [0.15, 0.2) is 29.3 Å². The first-order chi connectivity index (χ1) is 15.2. The van der Waals surface area contributed by atoms with Gasteiger partial charge in [0.05, 0.1) is 19.8 Å². The summed E-state index contributed by atoms with van der Waals surface area (Å²) in [6.07, 6.45) is 5.63. The molecule has 1 heterocycles. The Morgan fingerprint density at radius 3 is 2.52 bits per heavy atom. The number of morpholine rings is 1. The second kappa shape index (κ2) is 13.3. The number of amides is 1. The number of nitrogens with one attached hydrogen (secondary N) is 3. The zero-order chi connectivity index (χ0) is 21.7. The van der Waals surface area contributed by atoms with Gasteiger partial charge in [-0.25, -0.2) is 4.99 Å². The van der Waals surface area contributed by atoms with E-state index >= 15 is 0 Å². The van der Waals surface area contributed by atoms with Crippen LogP contribution in [0.25, 0.3) is 0 Å². The number of carbonyl (C=O) groups excluding carboxylic acids is 1. The van der Waals surface area contributed by atoms with Gasteiger partial charge >= 0.3 is 0 Å². The van der Waals surface area contributed by atoms with E-state index in [1.54, 1.807) is 0 Å². The SMILES string of the molecule is CCNC(=NCc1ccccc1CN1CCOCC1)NCCNC(=O)CC1CCCC1. The van der Waals surface area contributed by atoms with Crippen molar-refractivity contribution in [3.8, 4) is 0 Å². The summed E-state index contributed by atoms with van der Waals surface area (Å²) >= 11 is 0. The zero-order valence-corrected chi connectivity index (χ0v) is 19.0. The molecule has 1 saturated heterocycles. The van der Waals surface area contributed by atoms with Crippen LogP contribution in [0, 0.1) is 5.92 Å². The van der Waals surface area contributed by atoms with Crippen LogP contribution in [0.2, 0.25) is 0 Å². The van der Waals surface area contributed by atoms with Crippen LogP contribution in [-0.2, 0) is 22.6 Å². The third-order valence-electron chi connectivity index (χ3n) is 6.06. The van der Waals surface area contributed by atoms with Crippen molar-refractivity contribution in [2.45, 2.75) is 52.1 Å². The van der Waals surface area contributed by atoms with Crippen molar-refractivity contribution >= 4 is 11.9 Å². The van der Waals surface area contributed by atoms with E-state index in [2.05, 4.69) is 52.0 Å². The van der Waals surface area contributed by atoms with E-state index in [9.17, 15) is 4.79 Å². The number of nitrogens with zero attached hydrogens (tertiary/aromatic N) is 2. The Hall–Kier alpha value is -2.12. The van der Waals surface area contributed by atoms with Crippen molar-refractivity contribution in [2.75, 3.05) is 45.9 Å². The van der Waals surface area contributed by atoms with Crippen LogP contribution in [0.5, 0.6) is 0 Å². The molecule has 7 nitrogen and oxygen atoms in total. The Morgan fingerprint density at radius 2 is 1.77 bits per heavy atom. The van der Waals surface area contributed by atoms with Crippen molar-refractivity contribution in [3.05, 3.63) is 35.4 Å². The Morgan fingerprint density at radius 1 is 1.06 bits per heavy atom. The Labute approximate surface area is 187 Å². The lowest BCUT2D eigenvalue weighted by Gasteiger charge is -2.27. The van der Waals surface area contributed by atoms with Crippen LogP contribution in [-0.4, -0.2) is 62.7 Å². The molecule has 1 aromatic carbocycles. The minimum atomic E-state index is 0.174. The lowest BCUT2D eigenvalue weighted by atomic mass is 10.0. The molecule has 1 aliphatic heterocycles. The summed E-state index contributed by atoms with van der Waals surface area (Å²) in [7, 11) is 0. The highest BCUT2D eigenvalue weighted by molar-refractivity contribution is 5.80. The average molecular weight is 430 g/mol. The monoisotopic (exact) mass is 429 g/mol. The summed E-state index contributed by atoms with van der Waals surface area (Å²) in [6, 6.07) is 8.53. The lowest BCUT2D eigenvalue weighted by Crippen LogP contribution is -2.41. The smallest absolute Gasteiger partial charge is 0.220 e. The molecule has 0 bridgehead atoms. The molecule has 0 atom stereocenters. The van der Waals surface area contributed by atoms with Gasteiger partial charge in [-0.05, 0) is 36.8 Å². The number of rotatable bonds is 10. The molecule has 7 heteroatoms. The minimum absolute atomic E-state index is 0.174. The van der Waals surface area contributed by atoms with Crippen LogP contribution >= 0.6 is 0 Å². The predicted octanol–water partition coefficient (Wildman–Crippen LogP) is 2.27. The molecule has 0 aromatic heterocycles. The average Bonchev–Trinajstić information content (AvgIpc) is 3.29. The second-order valence-corrected chi connectivity index (χ2v) is 8.48. The Kier molecular flexibility index (Phi) is 10.1. The first-order valence-corrected chi connectivity index (χ1v) is 11.9. The van der Waals surface area contributed by atoms with E-state index in [0.29, 0.717) is 32.0 Å². The number of aliphatic imine (C=N–C) groups is 1.